The Kier molecular flexibility index (Phi) is 4.34. The lowest BCUT2D eigenvalue weighted by Crippen LogP contribution is -2.41. The van der Waals surface area contributed by atoms with Crippen molar-refractivity contribution < 1.29 is 4.74 Å². The van der Waals surface area contributed by atoms with Gasteiger partial charge in [-0.25, -0.2) is 4.98 Å². The van der Waals surface area contributed by atoms with Crippen LogP contribution in [-0.4, -0.2) is 30.3 Å². The zero-order valence-electron chi connectivity index (χ0n) is 10.4. The molecule has 1 fully saturated rings. The predicted octanol–water partition coefficient (Wildman–Crippen LogP) is 1.36. The third-order valence-corrected chi connectivity index (χ3v) is 3.18. The van der Waals surface area contributed by atoms with E-state index in [1.165, 1.54) is 12.0 Å². The van der Waals surface area contributed by atoms with E-state index in [9.17, 15) is 0 Å². The van der Waals surface area contributed by atoms with Gasteiger partial charge < -0.3 is 15.8 Å². The van der Waals surface area contributed by atoms with Crippen molar-refractivity contribution in [3.63, 3.8) is 0 Å². The molecule has 0 radical (unpaired) electrons. The quantitative estimate of drug-likeness (QED) is 0.809. The molecule has 2 heterocycles. The second-order valence-corrected chi connectivity index (χ2v) is 4.51. The van der Waals surface area contributed by atoms with E-state index < -0.39 is 0 Å². The molecule has 2 rings (SSSR count). The zero-order chi connectivity index (χ0) is 12.1. The number of likely N-dealkylation sites (N-methyl/N-ethyl adjacent to an activating group) is 1. The molecular formula is C13H21N3O. The minimum absolute atomic E-state index is 0.337. The summed E-state index contributed by atoms with van der Waals surface area (Å²) in [5.74, 6) is 0.588. The van der Waals surface area contributed by atoms with Crippen LogP contribution in [0, 0.1) is 0 Å². The molecule has 1 saturated heterocycles. The lowest BCUT2D eigenvalue weighted by Gasteiger charge is -2.23. The third kappa shape index (κ3) is 3.41. The fraction of sp³-hybridized carbons (Fsp3) is 0.615. The van der Waals surface area contributed by atoms with E-state index in [4.69, 9.17) is 10.5 Å². The maximum Gasteiger partial charge on any atom is 0.123 e. The predicted molar refractivity (Wildman–Crippen MR) is 68.8 cm³/mol. The summed E-state index contributed by atoms with van der Waals surface area (Å²) < 4.78 is 5.76. The Bertz CT molecular complexity index is 350. The van der Waals surface area contributed by atoms with Crippen LogP contribution in [-0.2, 0) is 11.2 Å². The van der Waals surface area contributed by atoms with Crippen molar-refractivity contribution in [2.45, 2.75) is 38.3 Å². The van der Waals surface area contributed by atoms with Crippen LogP contribution in [0.4, 0.5) is 5.82 Å². The molecule has 2 unspecified atom stereocenters. The van der Waals surface area contributed by atoms with E-state index in [1.54, 1.807) is 6.20 Å². The van der Waals surface area contributed by atoms with Gasteiger partial charge in [-0.3, -0.25) is 0 Å². The standard InChI is InChI=1S/C13H21N3O/c1-2-15-11(12-4-3-7-17-12)8-10-5-6-16-13(14)9-10/h5-6,9,11-12,15H,2-4,7-8H2,1H3,(H2,14,16). The number of nitrogen functional groups attached to an aromatic ring is 1. The summed E-state index contributed by atoms with van der Waals surface area (Å²) in [6.45, 7) is 3.99. The Morgan fingerprint density at radius 3 is 3.18 bits per heavy atom. The molecule has 0 spiro atoms. The van der Waals surface area contributed by atoms with E-state index in [2.05, 4.69) is 17.2 Å². The number of nitrogens with zero attached hydrogens (tertiary/aromatic N) is 1. The van der Waals surface area contributed by atoms with Crippen molar-refractivity contribution in [3.05, 3.63) is 23.9 Å². The van der Waals surface area contributed by atoms with Gasteiger partial charge in [0.25, 0.3) is 0 Å². The summed E-state index contributed by atoms with van der Waals surface area (Å²) in [6, 6.07) is 4.35. The fourth-order valence-electron chi connectivity index (χ4n) is 2.39. The Balaban J connectivity index is 2.01. The van der Waals surface area contributed by atoms with Crippen LogP contribution in [0.25, 0.3) is 0 Å². The first kappa shape index (κ1) is 12.3. The van der Waals surface area contributed by atoms with Gasteiger partial charge >= 0.3 is 0 Å². The molecular weight excluding hydrogens is 214 g/mol. The number of pyridine rings is 1. The highest BCUT2D eigenvalue weighted by Crippen LogP contribution is 2.19. The second kappa shape index (κ2) is 5.98. The molecule has 1 aromatic heterocycles. The van der Waals surface area contributed by atoms with E-state index in [-0.39, 0.29) is 0 Å². The summed E-state index contributed by atoms with van der Waals surface area (Å²) >= 11 is 0. The maximum absolute atomic E-state index is 5.76. The third-order valence-electron chi connectivity index (χ3n) is 3.18. The Morgan fingerprint density at radius 1 is 1.65 bits per heavy atom. The average molecular weight is 235 g/mol. The molecule has 2 atom stereocenters. The van der Waals surface area contributed by atoms with Crippen LogP contribution in [0.3, 0.4) is 0 Å². The first-order valence-corrected chi connectivity index (χ1v) is 6.35. The summed E-state index contributed by atoms with van der Waals surface area (Å²) in [6.07, 6.45) is 5.38. The Labute approximate surface area is 103 Å². The first-order chi connectivity index (χ1) is 8.29. The van der Waals surface area contributed by atoms with Crippen LogP contribution in [0.5, 0.6) is 0 Å². The number of aromatic nitrogens is 1. The maximum atomic E-state index is 5.76. The van der Waals surface area contributed by atoms with Crippen molar-refractivity contribution in [1.29, 1.82) is 0 Å². The molecule has 0 aromatic carbocycles. The van der Waals surface area contributed by atoms with Gasteiger partial charge in [-0.2, -0.15) is 0 Å². The van der Waals surface area contributed by atoms with Gasteiger partial charge in [0.15, 0.2) is 0 Å². The van der Waals surface area contributed by atoms with Gasteiger partial charge in [-0.05, 0) is 43.5 Å². The summed E-state index contributed by atoms with van der Waals surface area (Å²) in [5.41, 5.74) is 6.92. The fourth-order valence-corrected chi connectivity index (χ4v) is 2.39. The smallest absolute Gasteiger partial charge is 0.123 e. The Hall–Kier alpha value is -1.13. The lowest BCUT2D eigenvalue weighted by molar-refractivity contribution is 0.0789. The van der Waals surface area contributed by atoms with Gasteiger partial charge in [-0.15, -0.1) is 0 Å². The normalized spacial score (nSPS) is 21.6. The van der Waals surface area contributed by atoms with E-state index in [0.717, 1.165) is 26.0 Å². The number of hydrogen-bond donors (Lipinski definition) is 2. The van der Waals surface area contributed by atoms with Gasteiger partial charge in [0.1, 0.15) is 5.82 Å². The Morgan fingerprint density at radius 2 is 2.53 bits per heavy atom. The number of hydrogen-bond acceptors (Lipinski definition) is 4. The van der Waals surface area contributed by atoms with Gasteiger partial charge in [0, 0.05) is 18.8 Å². The number of nitrogens with one attached hydrogen (secondary N) is 1. The molecule has 1 aromatic rings. The SMILES string of the molecule is CCNC(Cc1ccnc(N)c1)C1CCCO1. The molecule has 0 aliphatic carbocycles. The van der Waals surface area contributed by atoms with Crippen LogP contribution < -0.4 is 11.1 Å². The van der Waals surface area contributed by atoms with Crippen LogP contribution in [0.2, 0.25) is 0 Å². The largest absolute Gasteiger partial charge is 0.384 e. The summed E-state index contributed by atoms with van der Waals surface area (Å²) in [5, 5.41) is 3.51. The number of anilines is 1. The monoisotopic (exact) mass is 235 g/mol. The minimum Gasteiger partial charge on any atom is -0.384 e. The first-order valence-electron chi connectivity index (χ1n) is 6.35. The lowest BCUT2D eigenvalue weighted by atomic mass is 10.00. The van der Waals surface area contributed by atoms with E-state index in [0.29, 0.717) is 18.0 Å². The highest BCUT2D eigenvalue weighted by atomic mass is 16.5. The van der Waals surface area contributed by atoms with Crippen LogP contribution in [0.1, 0.15) is 25.3 Å². The summed E-state index contributed by atoms with van der Waals surface area (Å²) in [7, 11) is 0. The van der Waals surface area contributed by atoms with Crippen molar-refractivity contribution in [3.8, 4) is 0 Å². The second-order valence-electron chi connectivity index (χ2n) is 4.51. The highest BCUT2D eigenvalue weighted by Gasteiger charge is 2.25. The molecule has 0 amide bonds. The van der Waals surface area contributed by atoms with Crippen molar-refractivity contribution in [2.24, 2.45) is 0 Å². The topological polar surface area (TPSA) is 60.2 Å². The molecule has 0 saturated carbocycles. The van der Waals surface area contributed by atoms with Gasteiger partial charge in [-0.1, -0.05) is 6.92 Å². The summed E-state index contributed by atoms with van der Waals surface area (Å²) in [4.78, 5) is 4.02. The molecule has 94 valence electrons. The van der Waals surface area contributed by atoms with E-state index >= 15 is 0 Å². The number of nitrogens with two attached hydrogens (primary N) is 1. The van der Waals surface area contributed by atoms with Crippen LogP contribution >= 0.6 is 0 Å². The van der Waals surface area contributed by atoms with Crippen molar-refractivity contribution >= 4 is 5.82 Å². The van der Waals surface area contributed by atoms with Crippen LogP contribution in [0.15, 0.2) is 18.3 Å². The number of ether oxygens (including phenoxy) is 1. The molecule has 4 heteroatoms. The molecule has 1 aliphatic rings. The molecule has 4 nitrogen and oxygen atoms in total. The average Bonchev–Trinajstić information content (AvgIpc) is 2.82. The molecule has 3 N–H and O–H groups in total. The highest BCUT2D eigenvalue weighted by molar-refractivity contribution is 5.32. The zero-order valence-corrected chi connectivity index (χ0v) is 10.4. The van der Waals surface area contributed by atoms with Crippen molar-refractivity contribution in [1.82, 2.24) is 10.3 Å². The van der Waals surface area contributed by atoms with E-state index in [1.807, 2.05) is 12.1 Å². The molecule has 0 bridgehead atoms. The number of rotatable bonds is 5. The minimum atomic E-state index is 0.337. The molecule has 17 heavy (non-hydrogen) atoms. The van der Waals surface area contributed by atoms with Crippen molar-refractivity contribution in [2.75, 3.05) is 18.9 Å². The van der Waals surface area contributed by atoms with Gasteiger partial charge in [0.05, 0.1) is 6.10 Å². The van der Waals surface area contributed by atoms with Gasteiger partial charge in [0.2, 0.25) is 0 Å². The molecule has 1 aliphatic heterocycles.